The van der Waals surface area contributed by atoms with Crippen LogP contribution < -0.4 is 4.90 Å². The molecule has 0 aliphatic heterocycles. The highest BCUT2D eigenvalue weighted by atomic mass is 15.1. The molecule has 0 atom stereocenters. The predicted octanol–water partition coefficient (Wildman–Crippen LogP) is 15.6. The Morgan fingerprint density at radius 3 is 1.55 bits per heavy atom. The van der Waals surface area contributed by atoms with Crippen molar-refractivity contribution in [2.75, 3.05) is 4.90 Å². The molecule has 2 heteroatoms. The molecule has 0 radical (unpaired) electrons. The largest absolute Gasteiger partial charge is 0.311 e. The number of anilines is 3. The summed E-state index contributed by atoms with van der Waals surface area (Å²) in [5, 5.41) is 7.56. The van der Waals surface area contributed by atoms with Crippen LogP contribution in [0.4, 0.5) is 17.1 Å². The SMILES string of the molecule is c1ccc(-c2ccc(N(c3ccccc3)c3ccc(-c4ccccc4-n4c5ccccc5c5ccc(-c6cc7ccccc7c7ccccc67)cc54)cc3)cc2)cc1. The zero-order valence-corrected chi connectivity index (χ0v) is 31.8. The average Bonchev–Trinajstić information content (AvgIpc) is 3.63. The number of hydrogen-bond acceptors (Lipinski definition) is 1. The summed E-state index contributed by atoms with van der Waals surface area (Å²) in [6.07, 6.45) is 0. The Bertz CT molecular complexity index is 3250. The molecule has 11 rings (SSSR count). The number of fused-ring (bicyclic) bond motifs is 6. The lowest BCUT2D eigenvalue weighted by Crippen LogP contribution is -2.09. The van der Waals surface area contributed by atoms with Crippen LogP contribution in [-0.2, 0) is 0 Å². The molecule has 0 saturated carbocycles. The van der Waals surface area contributed by atoms with Crippen molar-refractivity contribution in [1.82, 2.24) is 4.57 Å². The van der Waals surface area contributed by atoms with Crippen LogP contribution in [0, 0.1) is 0 Å². The van der Waals surface area contributed by atoms with Gasteiger partial charge in [0.05, 0.1) is 16.7 Å². The van der Waals surface area contributed by atoms with E-state index in [-0.39, 0.29) is 0 Å². The Kier molecular flexibility index (Phi) is 8.19. The molecule has 0 saturated heterocycles. The van der Waals surface area contributed by atoms with E-state index in [0.717, 1.165) is 28.3 Å². The van der Waals surface area contributed by atoms with Crippen LogP contribution >= 0.6 is 0 Å². The van der Waals surface area contributed by atoms with Gasteiger partial charge in [0.1, 0.15) is 0 Å². The normalized spacial score (nSPS) is 11.4. The second-order valence-electron chi connectivity index (χ2n) is 14.9. The van der Waals surface area contributed by atoms with Gasteiger partial charge in [0.15, 0.2) is 0 Å². The molecule has 0 aliphatic carbocycles. The Hall–Kier alpha value is -7.68. The molecule has 0 bridgehead atoms. The van der Waals surface area contributed by atoms with Crippen LogP contribution in [0.3, 0.4) is 0 Å². The van der Waals surface area contributed by atoms with Gasteiger partial charge in [-0.05, 0) is 110 Å². The third-order valence-electron chi connectivity index (χ3n) is 11.6. The molecule has 0 fully saturated rings. The number of benzene rings is 10. The Morgan fingerprint density at radius 1 is 0.276 bits per heavy atom. The molecule has 58 heavy (non-hydrogen) atoms. The lowest BCUT2D eigenvalue weighted by Gasteiger charge is -2.26. The Balaban J connectivity index is 1.04. The Labute approximate surface area is 338 Å². The van der Waals surface area contributed by atoms with Crippen LogP contribution in [0.15, 0.2) is 231 Å². The lowest BCUT2D eigenvalue weighted by atomic mass is 9.93. The number of hydrogen-bond donors (Lipinski definition) is 0. The van der Waals surface area contributed by atoms with E-state index in [1.54, 1.807) is 0 Å². The van der Waals surface area contributed by atoms with E-state index < -0.39 is 0 Å². The van der Waals surface area contributed by atoms with Crippen LogP contribution in [-0.4, -0.2) is 4.57 Å². The van der Waals surface area contributed by atoms with E-state index in [0.29, 0.717) is 0 Å². The first-order chi connectivity index (χ1) is 28.8. The van der Waals surface area contributed by atoms with Gasteiger partial charge in [-0.2, -0.15) is 0 Å². The zero-order valence-electron chi connectivity index (χ0n) is 31.8. The monoisotopic (exact) mass is 738 g/mol. The molecule has 272 valence electrons. The van der Waals surface area contributed by atoms with Gasteiger partial charge in [0, 0.05) is 33.4 Å². The average molecular weight is 739 g/mol. The maximum absolute atomic E-state index is 2.46. The van der Waals surface area contributed by atoms with Crippen LogP contribution in [0.5, 0.6) is 0 Å². The second-order valence-corrected chi connectivity index (χ2v) is 14.9. The van der Waals surface area contributed by atoms with Crippen molar-refractivity contribution in [3.05, 3.63) is 231 Å². The van der Waals surface area contributed by atoms with Gasteiger partial charge in [-0.15, -0.1) is 0 Å². The maximum atomic E-state index is 2.46. The minimum Gasteiger partial charge on any atom is -0.311 e. The van der Waals surface area contributed by atoms with Crippen molar-refractivity contribution in [3.8, 4) is 39.1 Å². The molecule has 0 unspecified atom stereocenters. The lowest BCUT2D eigenvalue weighted by molar-refractivity contribution is 1.18. The first-order valence-electron chi connectivity index (χ1n) is 19.9. The molecule has 10 aromatic carbocycles. The highest BCUT2D eigenvalue weighted by molar-refractivity contribution is 6.15. The number of para-hydroxylation sites is 3. The molecule has 1 aromatic heterocycles. The van der Waals surface area contributed by atoms with E-state index in [2.05, 4.69) is 240 Å². The fourth-order valence-corrected chi connectivity index (χ4v) is 8.85. The van der Waals surface area contributed by atoms with Crippen molar-refractivity contribution in [2.24, 2.45) is 0 Å². The first kappa shape index (κ1) is 33.6. The smallest absolute Gasteiger partial charge is 0.0547 e. The summed E-state index contributed by atoms with van der Waals surface area (Å²) in [6, 6.07) is 83.6. The molecule has 2 nitrogen and oxygen atoms in total. The third kappa shape index (κ3) is 5.74. The highest BCUT2D eigenvalue weighted by Crippen LogP contribution is 2.42. The highest BCUT2D eigenvalue weighted by Gasteiger charge is 2.18. The summed E-state index contributed by atoms with van der Waals surface area (Å²) in [6.45, 7) is 0. The second kappa shape index (κ2) is 14.1. The molecule has 0 N–H and O–H groups in total. The van der Waals surface area contributed by atoms with Crippen LogP contribution in [0.2, 0.25) is 0 Å². The fraction of sp³-hybridized carbons (Fsp3) is 0. The fourth-order valence-electron chi connectivity index (χ4n) is 8.85. The van der Waals surface area contributed by atoms with E-state index in [1.165, 1.54) is 71.2 Å². The van der Waals surface area contributed by atoms with Gasteiger partial charge in [-0.3, -0.25) is 0 Å². The van der Waals surface area contributed by atoms with Crippen molar-refractivity contribution in [2.45, 2.75) is 0 Å². The summed E-state index contributed by atoms with van der Waals surface area (Å²) >= 11 is 0. The van der Waals surface area contributed by atoms with Crippen molar-refractivity contribution < 1.29 is 0 Å². The molecular formula is C56H38N2. The van der Waals surface area contributed by atoms with E-state index >= 15 is 0 Å². The van der Waals surface area contributed by atoms with Gasteiger partial charge in [-0.25, -0.2) is 0 Å². The summed E-state index contributed by atoms with van der Waals surface area (Å²) in [5.74, 6) is 0. The van der Waals surface area contributed by atoms with Gasteiger partial charge in [0.25, 0.3) is 0 Å². The molecule has 11 aromatic rings. The Morgan fingerprint density at radius 2 is 0.793 bits per heavy atom. The summed E-state index contributed by atoms with van der Waals surface area (Å²) in [4.78, 5) is 2.33. The third-order valence-corrected chi connectivity index (χ3v) is 11.6. The number of rotatable bonds is 7. The first-order valence-corrected chi connectivity index (χ1v) is 19.9. The van der Waals surface area contributed by atoms with Gasteiger partial charge >= 0.3 is 0 Å². The maximum Gasteiger partial charge on any atom is 0.0547 e. The summed E-state index contributed by atoms with van der Waals surface area (Å²) in [7, 11) is 0. The van der Waals surface area contributed by atoms with Crippen LogP contribution in [0.1, 0.15) is 0 Å². The zero-order chi connectivity index (χ0) is 38.4. The summed E-state index contributed by atoms with van der Waals surface area (Å²) in [5.41, 5.74) is 14.1. The molecular weight excluding hydrogens is 701 g/mol. The van der Waals surface area contributed by atoms with E-state index in [1.807, 2.05) is 0 Å². The van der Waals surface area contributed by atoms with E-state index in [9.17, 15) is 0 Å². The van der Waals surface area contributed by atoms with Gasteiger partial charge in [-0.1, -0.05) is 170 Å². The minimum absolute atomic E-state index is 1.10. The number of aromatic nitrogens is 1. The molecule has 0 spiro atoms. The summed E-state index contributed by atoms with van der Waals surface area (Å²) < 4.78 is 2.46. The molecule has 0 amide bonds. The number of nitrogens with zero attached hydrogens (tertiary/aromatic N) is 2. The van der Waals surface area contributed by atoms with Crippen molar-refractivity contribution in [3.63, 3.8) is 0 Å². The van der Waals surface area contributed by atoms with Crippen molar-refractivity contribution >= 4 is 60.4 Å². The predicted molar refractivity (Wildman–Crippen MR) is 247 cm³/mol. The van der Waals surface area contributed by atoms with Gasteiger partial charge in [0.2, 0.25) is 0 Å². The minimum atomic E-state index is 1.10. The van der Waals surface area contributed by atoms with E-state index in [4.69, 9.17) is 0 Å². The standard InChI is InChI=1S/C56H38N2/c1-3-15-39(16-4-1)40-27-32-45(33-28-40)57(44-18-5-2-6-19-44)46-34-29-41(30-35-46)48-21-11-13-25-54(48)58-55-26-14-12-24-51(55)52-36-31-43(38-56(52)58)53-37-42-17-7-8-20-47(42)49-22-9-10-23-50(49)53/h1-38H. The topological polar surface area (TPSA) is 8.17 Å². The van der Waals surface area contributed by atoms with Crippen LogP contribution in [0.25, 0.3) is 82.4 Å². The molecule has 0 aliphatic rings. The quantitative estimate of drug-likeness (QED) is 0.148. The van der Waals surface area contributed by atoms with Crippen molar-refractivity contribution in [1.29, 1.82) is 0 Å². The van der Waals surface area contributed by atoms with Gasteiger partial charge < -0.3 is 9.47 Å². The molecule has 1 heterocycles.